The fourth-order valence-corrected chi connectivity index (χ4v) is 5.07. The quantitative estimate of drug-likeness (QED) is 0.585. The molecule has 2 amide bonds. The normalized spacial score (nSPS) is 22.8. The van der Waals surface area contributed by atoms with Crippen LogP contribution in [0, 0.1) is 16.7 Å². The van der Waals surface area contributed by atoms with Gasteiger partial charge in [0.25, 0.3) is 11.8 Å². The zero-order valence-electron chi connectivity index (χ0n) is 18.7. The van der Waals surface area contributed by atoms with Gasteiger partial charge < -0.3 is 15.8 Å². The third kappa shape index (κ3) is 4.10. The number of primary amides is 1. The average molecular weight is 457 g/mol. The van der Waals surface area contributed by atoms with Crippen molar-refractivity contribution in [3.8, 4) is 23.1 Å². The van der Waals surface area contributed by atoms with E-state index in [0.29, 0.717) is 11.1 Å². The molecule has 9 nitrogen and oxygen atoms in total. The Labute approximate surface area is 196 Å². The maximum absolute atomic E-state index is 12.9. The molecule has 0 atom stereocenters. The highest BCUT2D eigenvalue weighted by Gasteiger charge is 2.54. The summed E-state index contributed by atoms with van der Waals surface area (Å²) in [7, 11) is 1.82. The third-order valence-corrected chi connectivity index (χ3v) is 6.69. The van der Waals surface area contributed by atoms with E-state index in [1.807, 2.05) is 13.2 Å². The van der Waals surface area contributed by atoms with Gasteiger partial charge in [-0.2, -0.15) is 10.4 Å². The molecule has 2 aliphatic rings. The van der Waals surface area contributed by atoms with Crippen molar-refractivity contribution in [3.05, 3.63) is 65.6 Å². The van der Waals surface area contributed by atoms with Gasteiger partial charge >= 0.3 is 0 Å². The summed E-state index contributed by atoms with van der Waals surface area (Å²) >= 11 is 0. The van der Waals surface area contributed by atoms with Crippen LogP contribution in [0.4, 0.5) is 0 Å². The lowest BCUT2D eigenvalue weighted by Crippen LogP contribution is -2.58. The number of nitrogens with two attached hydrogens (primary N) is 1. The Morgan fingerprint density at radius 1 is 1.24 bits per heavy atom. The summed E-state index contributed by atoms with van der Waals surface area (Å²) in [6.45, 7) is 0. The topological polar surface area (TPSA) is 136 Å². The van der Waals surface area contributed by atoms with Crippen LogP contribution in [0.2, 0.25) is 0 Å². The number of aromatic nitrogens is 3. The Morgan fingerprint density at radius 3 is 2.71 bits per heavy atom. The standard InChI is InChI=1S/C25H24N6O3/c1-31-14-18(13-29-31)16-5-15(12-26)6-17(7-16)23(33)30-19-8-25(9-19)10-20(11-25)34-24-21(22(27)32)3-2-4-28-24/h2-7,13-14,19-20H,8-11H2,1H3,(H2,27,32)(H,30,33). The molecule has 172 valence electrons. The molecule has 9 heteroatoms. The Bertz CT molecular complexity index is 1310. The van der Waals surface area contributed by atoms with Gasteiger partial charge in [0.05, 0.1) is 17.8 Å². The summed E-state index contributed by atoms with van der Waals surface area (Å²) in [5.74, 6) is -0.467. The van der Waals surface area contributed by atoms with E-state index >= 15 is 0 Å². The molecular weight excluding hydrogens is 432 g/mol. The molecule has 3 aromatic rings. The SMILES string of the molecule is Cn1cc(-c2cc(C#N)cc(C(=O)NC3CC4(C3)CC(Oc3ncccc3C(N)=O)C4)c2)cn1. The Hall–Kier alpha value is -4.19. The van der Waals surface area contributed by atoms with Crippen LogP contribution in [-0.4, -0.2) is 38.7 Å². The zero-order valence-corrected chi connectivity index (χ0v) is 18.7. The van der Waals surface area contributed by atoms with Crippen LogP contribution >= 0.6 is 0 Å². The average Bonchev–Trinajstić information content (AvgIpc) is 3.22. The van der Waals surface area contributed by atoms with Crippen LogP contribution in [0.5, 0.6) is 5.88 Å². The molecule has 2 fully saturated rings. The molecule has 2 saturated carbocycles. The van der Waals surface area contributed by atoms with Gasteiger partial charge in [-0.1, -0.05) is 0 Å². The molecule has 1 spiro atoms. The minimum Gasteiger partial charge on any atom is -0.474 e. The summed E-state index contributed by atoms with van der Waals surface area (Å²) in [6.07, 6.45) is 8.56. The molecule has 3 N–H and O–H groups in total. The number of benzene rings is 1. The largest absolute Gasteiger partial charge is 0.474 e. The number of pyridine rings is 1. The van der Waals surface area contributed by atoms with E-state index in [2.05, 4.69) is 21.5 Å². The van der Waals surface area contributed by atoms with Crippen LogP contribution < -0.4 is 15.8 Å². The number of ether oxygens (including phenoxy) is 1. The zero-order chi connectivity index (χ0) is 23.9. The number of rotatable bonds is 6. The summed E-state index contributed by atoms with van der Waals surface area (Å²) in [4.78, 5) is 28.6. The van der Waals surface area contributed by atoms with Crippen molar-refractivity contribution in [1.82, 2.24) is 20.1 Å². The van der Waals surface area contributed by atoms with Gasteiger partial charge in [0.1, 0.15) is 11.7 Å². The first kappa shape index (κ1) is 21.6. The predicted octanol–water partition coefficient (Wildman–Crippen LogP) is 2.57. The van der Waals surface area contributed by atoms with Gasteiger partial charge in [-0.3, -0.25) is 14.3 Å². The third-order valence-electron chi connectivity index (χ3n) is 6.69. The Kier molecular flexibility index (Phi) is 5.28. The molecule has 1 aromatic carbocycles. The first-order chi connectivity index (χ1) is 16.3. The van der Waals surface area contributed by atoms with Gasteiger partial charge in [0.2, 0.25) is 5.88 Å². The number of nitrogens with zero attached hydrogens (tertiary/aromatic N) is 4. The molecular formula is C25H24N6O3. The molecule has 0 radical (unpaired) electrons. The van der Waals surface area contributed by atoms with Gasteiger partial charge in [-0.05, 0) is 67.0 Å². The summed E-state index contributed by atoms with van der Waals surface area (Å²) in [5, 5.41) is 16.7. The highest BCUT2D eigenvalue weighted by molar-refractivity contribution is 5.96. The number of carbonyl (C=O) groups is 2. The monoisotopic (exact) mass is 456 g/mol. The van der Waals surface area contributed by atoms with E-state index in [4.69, 9.17) is 10.5 Å². The maximum Gasteiger partial charge on any atom is 0.254 e. The molecule has 0 bridgehead atoms. The van der Waals surface area contributed by atoms with Crippen molar-refractivity contribution in [3.63, 3.8) is 0 Å². The van der Waals surface area contributed by atoms with Crippen molar-refractivity contribution in [2.75, 3.05) is 0 Å². The number of aryl methyl sites for hydroxylation is 1. The number of carbonyl (C=O) groups excluding carboxylic acids is 2. The first-order valence-corrected chi connectivity index (χ1v) is 11.1. The van der Waals surface area contributed by atoms with E-state index in [1.54, 1.807) is 47.4 Å². The van der Waals surface area contributed by atoms with Crippen molar-refractivity contribution in [2.45, 2.75) is 37.8 Å². The highest BCUT2D eigenvalue weighted by atomic mass is 16.5. The highest BCUT2D eigenvalue weighted by Crippen LogP contribution is 2.56. The van der Waals surface area contributed by atoms with E-state index in [1.165, 1.54) is 0 Å². The molecule has 0 saturated heterocycles. The van der Waals surface area contributed by atoms with Crippen molar-refractivity contribution >= 4 is 11.8 Å². The van der Waals surface area contributed by atoms with Crippen LogP contribution in [-0.2, 0) is 7.05 Å². The van der Waals surface area contributed by atoms with Crippen LogP contribution in [0.25, 0.3) is 11.1 Å². The van der Waals surface area contributed by atoms with Crippen LogP contribution in [0.15, 0.2) is 48.9 Å². The fourth-order valence-electron chi connectivity index (χ4n) is 5.07. The smallest absolute Gasteiger partial charge is 0.254 e. The Balaban J connectivity index is 1.18. The second-order valence-corrected chi connectivity index (χ2v) is 9.26. The second-order valence-electron chi connectivity index (χ2n) is 9.26. The Morgan fingerprint density at radius 2 is 2.03 bits per heavy atom. The van der Waals surface area contributed by atoms with Gasteiger partial charge in [-0.25, -0.2) is 4.98 Å². The summed E-state index contributed by atoms with van der Waals surface area (Å²) in [6, 6.07) is 10.6. The van der Waals surface area contributed by atoms with Crippen molar-refractivity contribution in [2.24, 2.45) is 18.2 Å². The molecule has 2 aromatic heterocycles. The van der Waals surface area contributed by atoms with E-state index < -0.39 is 5.91 Å². The van der Waals surface area contributed by atoms with Gasteiger partial charge in [0, 0.05) is 36.6 Å². The van der Waals surface area contributed by atoms with Crippen molar-refractivity contribution < 1.29 is 14.3 Å². The van der Waals surface area contributed by atoms with Gasteiger partial charge in [-0.15, -0.1) is 0 Å². The molecule has 0 unspecified atom stereocenters. The molecule has 2 heterocycles. The molecule has 5 rings (SSSR count). The number of hydrogen-bond donors (Lipinski definition) is 2. The second kappa shape index (κ2) is 8.30. The minimum atomic E-state index is -0.560. The van der Waals surface area contributed by atoms with E-state index in [9.17, 15) is 14.9 Å². The first-order valence-electron chi connectivity index (χ1n) is 11.1. The van der Waals surface area contributed by atoms with E-state index in [0.717, 1.165) is 36.8 Å². The number of hydrogen-bond acceptors (Lipinski definition) is 6. The fraction of sp³-hybridized carbons (Fsp3) is 0.320. The minimum absolute atomic E-state index is 0.0148. The number of amides is 2. The summed E-state index contributed by atoms with van der Waals surface area (Å²) < 4.78 is 7.59. The molecule has 2 aliphatic carbocycles. The summed E-state index contributed by atoms with van der Waals surface area (Å²) in [5.41, 5.74) is 8.36. The maximum atomic E-state index is 12.9. The molecule has 0 aliphatic heterocycles. The van der Waals surface area contributed by atoms with E-state index in [-0.39, 0.29) is 34.9 Å². The van der Waals surface area contributed by atoms with Crippen molar-refractivity contribution in [1.29, 1.82) is 5.26 Å². The number of nitriles is 1. The lowest BCUT2D eigenvalue weighted by atomic mass is 9.53. The lowest BCUT2D eigenvalue weighted by molar-refractivity contribution is -0.0848. The molecule has 34 heavy (non-hydrogen) atoms. The van der Waals surface area contributed by atoms with Crippen LogP contribution in [0.3, 0.4) is 0 Å². The van der Waals surface area contributed by atoms with Gasteiger partial charge in [0.15, 0.2) is 0 Å². The predicted molar refractivity (Wildman–Crippen MR) is 123 cm³/mol. The number of nitrogens with one attached hydrogen (secondary N) is 1. The van der Waals surface area contributed by atoms with Crippen LogP contribution in [0.1, 0.15) is 52.0 Å². The lowest BCUT2D eigenvalue weighted by Gasteiger charge is -2.57.